The van der Waals surface area contributed by atoms with Gasteiger partial charge in [0.05, 0.1) is 13.1 Å². The molecule has 3 rings (SSSR count). The second kappa shape index (κ2) is 9.64. The minimum atomic E-state index is -0.349. The molecule has 1 saturated heterocycles. The maximum Gasteiger partial charge on any atom is 0.242 e. The Morgan fingerprint density at radius 3 is 2.29 bits per heavy atom. The van der Waals surface area contributed by atoms with E-state index in [1.807, 2.05) is 4.90 Å². The first-order valence-electron chi connectivity index (χ1n) is 9.84. The van der Waals surface area contributed by atoms with Gasteiger partial charge in [-0.1, -0.05) is 12.8 Å². The summed E-state index contributed by atoms with van der Waals surface area (Å²) in [7, 11) is 0. The molecule has 0 unspecified atom stereocenters. The van der Waals surface area contributed by atoms with Crippen LogP contribution in [0.1, 0.15) is 25.7 Å². The predicted molar refractivity (Wildman–Crippen MR) is 103 cm³/mol. The minimum absolute atomic E-state index is 0.0121. The lowest BCUT2D eigenvalue weighted by molar-refractivity contribution is -0.135. The Balaban J connectivity index is 1.35. The Morgan fingerprint density at radius 2 is 1.64 bits per heavy atom. The first kappa shape index (κ1) is 20.3. The van der Waals surface area contributed by atoms with Crippen LogP contribution < -0.4 is 10.6 Å². The third-order valence-electron chi connectivity index (χ3n) is 5.36. The van der Waals surface area contributed by atoms with Gasteiger partial charge < -0.3 is 15.5 Å². The normalized spacial score (nSPS) is 18.1. The molecule has 7 nitrogen and oxygen atoms in total. The van der Waals surface area contributed by atoms with Crippen molar-refractivity contribution in [3.8, 4) is 0 Å². The molecule has 2 N–H and O–H groups in total. The molecule has 8 heteroatoms. The molecule has 1 aliphatic carbocycles. The highest BCUT2D eigenvalue weighted by molar-refractivity contribution is 5.92. The number of rotatable bonds is 6. The zero-order valence-corrected chi connectivity index (χ0v) is 16.0. The molecule has 0 aromatic heterocycles. The van der Waals surface area contributed by atoms with Gasteiger partial charge in [-0.25, -0.2) is 4.39 Å². The Morgan fingerprint density at radius 1 is 1.00 bits per heavy atom. The number of carbonyl (C=O) groups is 3. The van der Waals surface area contributed by atoms with E-state index in [-0.39, 0.29) is 42.5 Å². The Hall–Kier alpha value is -2.48. The highest BCUT2D eigenvalue weighted by Crippen LogP contribution is 2.24. The number of hydrogen-bond donors (Lipinski definition) is 2. The topological polar surface area (TPSA) is 81.8 Å². The molecule has 152 valence electrons. The molecule has 1 aliphatic heterocycles. The van der Waals surface area contributed by atoms with Gasteiger partial charge in [-0.05, 0) is 37.1 Å². The van der Waals surface area contributed by atoms with Crippen molar-refractivity contribution in [2.45, 2.75) is 25.7 Å². The van der Waals surface area contributed by atoms with E-state index in [1.165, 1.54) is 24.3 Å². The van der Waals surface area contributed by atoms with E-state index in [4.69, 9.17) is 0 Å². The summed E-state index contributed by atoms with van der Waals surface area (Å²) in [6, 6.07) is 5.63. The van der Waals surface area contributed by atoms with Crippen LogP contribution in [0.25, 0.3) is 0 Å². The number of benzene rings is 1. The Bertz CT molecular complexity index is 696. The van der Waals surface area contributed by atoms with Gasteiger partial charge in [0.25, 0.3) is 0 Å². The van der Waals surface area contributed by atoms with E-state index in [2.05, 4.69) is 10.6 Å². The SMILES string of the molecule is O=C(CN1CCN(C(=O)CNC(=O)C2CCCC2)CC1)Nc1ccc(F)cc1. The van der Waals surface area contributed by atoms with Crippen LogP contribution in [0.2, 0.25) is 0 Å². The summed E-state index contributed by atoms with van der Waals surface area (Å²) in [5.74, 6) is -0.554. The minimum Gasteiger partial charge on any atom is -0.347 e. The van der Waals surface area contributed by atoms with Crippen molar-refractivity contribution in [1.82, 2.24) is 15.1 Å². The molecule has 0 atom stereocenters. The number of halogens is 1. The average molecular weight is 390 g/mol. The highest BCUT2D eigenvalue weighted by Gasteiger charge is 2.25. The van der Waals surface area contributed by atoms with Gasteiger partial charge in [-0.3, -0.25) is 19.3 Å². The lowest BCUT2D eigenvalue weighted by atomic mass is 10.1. The number of piperazine rings is 1. The van der Waals surface area contributed by atoms with Crippen molar-refractivity contribution >= 4 is 23.4 Å². The molecule has 1 aromatic carbocycles. The molecule has 0 bridgehead atoms. The lowest BCUT2D eigenvalue weighted by Gasteiger charge is -2.34. The molecule has 0 spiro atoms. The monoisotopic (exact) mass is 390 g/mol. The van der Waals surface area contributed by atoms with Crippen LogP contribution in [0.5, 0.6) is 0 Å². The van der Waals surface area contributed by atoms with Crippen LogP contribution in [0, 0.1) is 11.7 Å². The van der Waals surface area contributed by atoms with Gasteiger partial charge in [-0.15, -0.1) is 0 Å². The number of nitrogens with one attached hydrogen (secondary N) is 2. The molecule has 0 radical (unpaired) electrons. The van der Waals surface area contributed by atoms with Crippen LogP contribution >= 0.6 is 0 Å². The number of nitrogens with zero attached hydrogens (tertiary/aromatic N) is 2. The molecular weight excluding hydrogens is 363 g/mol. The number of hydrogen-bond acceptors (Lipinski definition) is 4. The predicted octanol–water partition coefficient (Wildman–Crippen LogP) is 1.21. The molecule has 2 fully saturated rings. The van der Waals surface area contributed by atoms with Crippen molar-refractivity contribution in [3.63, 3.8) is 0 Å². The lowest BCUT2D eigenvalue weighted by Crippen LogP contribution is -2.52. The fourth-order valence-corrected chi connectivity index (χ4v) is 3.70. The van der Waals surface area contributed by atoms with Gasteiger partial charge >= 0.3 is 0 Å². The zero-order valence-electron chi connectivity index (χ0n) is 16.0. The van der Waals surface area contributed by atoms with E-state index in [1.54, 1.807) is 4.90 Å². The largest absolute Gasteiger partial charge is 0.347 e. The maximum absolute atomic E-state index is 12.9. The van der Waals surface area contributed by atoms with Crippen molar-refractivity contribution in [3.05, 3.63) is 30.1 Å². The molecule has 1 aromatic rings. The first-order chi connectivity index (χ1) is 13.5. The van der Waals surface area contributed by atoms with Gasteiger partial charge in [0.1, 0.15) is 5.82 Å². The van der Waals surface area contributed by atoms with E-state index in [9.17, 15) is 18.8 Å². The Kier molecular flexibility index (Phi) is 6.97. The van der Waals surface area contributed by atoms with Crippen molar-refractivity contribution < 1.29 is 18.8 Å². The average Bonchev–Trinajstić information content (AvgIpc) is 3.23. The van der Waals surface area contributed by atoms with Crippen molar-refractivity contribution in [2.75, 3.05) is 44.6 Å². The smallest absolute Gasteiger partial charge is 0.242 e. The zero-order chi connectivity index (χ0) is 19.9. The molecular formula is C20H27FN4O3. The van der Waals surface area contributed by atoms with Gasteiger partial charge in [0.15, 0.2) is 0 Å². The Labute approximate surface area is 164 Å². The van der Waals surface area contributed by atoms with Crippen LogP contribution in [-0.2, 0) is 14.4 Å². The third-order valence-corrected chi connectivity index (χ3v) is 5.36. The summed E-state index contributed by atoms with van der Waals surface area (Å²) in [5, 5.41) is 5.50. The van der Waals surface area contributed by atoms with Gasteiger partial charge in [0, 0.05) is 37.8 Å². The second-order valence-electron chi connectivity index (χ2n) is 7.41. The maximum atomic E-state index is 12.9. The summed E-state index contributed by atoms with van der Waals surface area (Å²) in [6.07, 6.45) is 4.00. The highest BCUT2D eigenvalue weighted by atomic mass is 19.1. The quantitative estimate of drug-likeness (QED) is 0.765. The molecule has 3 amide bonds. The molecule has 1 heterocycles. The standard InChI is InChI=1S/C20H27FN4O3/c21-16-5-7-17(8-6-16)23-18(26)14-24-9-11-25(12-10-24)19(27)13-22-20(28)15-3-1-2-4-15/h5-8,15H,1-4,9-14H2,(H,22,28)(H,23,26). The molecule has 1 saturated carbocycles. The van der Waals surface area contributed by atoms with E-state index in [0.29, 0.717) is 31.9 Å². The van der Waals surface area contributed by atoms with Crippen LogP contribution in [0.4, 0.5) is 10.1 Å². The third kappa shape index (κ3) is 5.76. The van der Waals surface area contributed by atoms with Crippen molar-refractivity contribution in [2.24, 2.45) is 5.92 Å². The van der Waals surface area contributed by atoms with Crippen LogP contribution in [-0.4, -0.2) is 66.8 Å². The van der Waals surface area contributed by atoms with Gasteiger partial charge in [0.2, 0.25) is 17.7 Å². The number of anilines is 1. The van der Waals surface area contributed by atoms with Crippen LogP contribution in [0.15, 0.2) is 24.3 Å². The molecule has 28 heavy (non-hydrogen) atoms. The summed E-state index contributed by atoms with van der Waals surface area (Å²) in [5.41, 5.74) is 0.554. The fraction of sp³-hybridized carbons (Fsp3) is 0.550. The molecule has 2 aliphatic rings. The number of amides is 3. The van der Waals surface area contributed by atoms with Gasteiger partial charge in [-0.2, -0.15) is 0 Å². The summed E-state index contributed by atoms with van der Waals surface area (Å²) >= 11 is 0. The second-order valence-corrected chi connectivity index (χ2v) is 7.41. The summed E-state index contributed by atoms with van der Waals surface area (Å²) in [6.45, 7) is 2.51. The van der Waals surface area contributed by atoms with Crippen molar-refractivity contribution in [1.29, 1.82) is 0 Å². The first-order valence-corrected chi connectivity index (χ1v) is 9.84. The summed E-state index contributed by atoms with van der Waals surface area (Å²) < 4.78 is 12.9. The van der Waals surface area contributed by atoms with E-state index < -0.39 is 0 Å². The van der Waals surface area contributed by atoms with Crippen LogP contribution in [0.3, 0.4) is 0 Å². The fourth-order valence-electron chi connectivity index (χ4n) is 3.70. The van der Waals surface area contributed by atoms with E-state index >= 15 is 0 Å². The van der Waals surface area contributed by atoms with E-state index in [0.717, 1.165) is 25.7 Å². The number of carbonyl (C=O) groups excluding carboxylic acids is 3. The summed E-state index contributed by atoms with van der Waals surface area (Å²) in [4.78, 5) is 40.1.